The molecule has 0 aliphatic rings. The fourth-order valence-corrected chi connectivity index (χ4v) is 2.45. The van der Waals surface area contributed by atoms with Gasteiger partial charge in [0.05, 0.1) is 6.10 Å². The minimum absolute atomic E-state index is 0.0585. The predicted octanol–water partition coefficient (Wildman–Crippen LogP) is 3.46. The highest BCUT2D eigenvalue weighted by Gasteiger charge is 2.10. The molecule has 0 spiro atoms. The Bertz CT molecular complexity index is 636. The molecule has 0 amide bonds. The fourth-order valence-electron chi connectivity index (χ4n) is 1.50. The molecule has 0 aromatic carbocycles. The first-order valence-corrected chi connectivity index (χ1v) is 7.20. The summed E-state index contributed by atoms with van der Waals surface area (Å²) >= 11 is 7.05. The Balaban J connectivity index is 2.08. The number of halogens is 1. The summed E-state index contributed by atoms with van der Waals surface area (Å²) in [5.41, 5.74) is 0.922. The first-order valence-electron chi connectivity index (χ1n) is 6.01. The molecule has 7 heteroatoms. The molecule has 2 aromatic rings. The number of aromatic nitrogens is 2. The Morgan fingerprint density at radius 1 is 1.55 bits per heavy atom. The van der Waals surface area contributed by atoms with Crippen LogP contribution in [-0.4, -0.2) is 16.1 Å². The maximum Gasteiger partial charge on any atom is 0.218 e. The molecule has 0 unspecified atom stereocenters. The van der Waals surface area contributed by atoms with Crippen molar-refractivity contribution in [2.45, 2.75) is 26.5 Å². The Morgan fingerprint density at radius 3 is 3.00 bits per heavy atom. The smallest absolute Gasteiger partial charge is 0.218 e. The van der Waals surface area contributed by atoms with Gasteiger partial charge in [0.25, 0.3) is 0 Å². The van der Waals surface area contributed by atoms with E-state index in [4.69, 9.17) is 21.6 Å². The average Bonchev–Trinajstić information content (AvgIpc) is 2.77. The van der Waals surface area contributed by atoms with Crippen molar-refractivity contribution in [1.29, 1.82) is 5.26 Å². The number of thiazole rings is 1. The van der Waals surface area contributed by atoms with Crippen LogP contribution < -0.4 is 10.1 Å². The van der Waals surface area contributed by atoms with E-state index in [0.717, 1.165) is 5.56 Å². The normalized spacial score (nSPS) is 10.3. The number of hydrogen-bond acceptors (Lipinski definition) is 6. The Labute approximate surface area is 126 Å². The topological polar surface area (TPSA) is 70.8 Å². The zero-order valence-corrected chi connectivity index (χ0v) is 12.6. The van der Waals surface area contributed by atoms with Crippen molar-refractivity contribution in [2.24, 2.45) is 0 Å². The molecule has 0 aliphatic carbocycles. The highest BCUT2D eigenvalue weighted by molar-refractivity contribution is 7.16. The summed E-state index contributed by atoms with van der Waals surface area (Å²) in [7, 11) is 0. The minimum atomic E-state index is 0.0585. The summed E-state index contributed by atoms with van der Waals surface area (Å²) in [5, 5.41) is 12.8. The number of nitrogens with one attached hydrogen (secondary N) is 1. The zero-order valence-electron chi connectivity index (χ0n) is 11.1. The van der Waals surface area contributed by atoms with Crippen LogP contribution in [0.3, 0.4) is 0 Å². The standard InChI is InChI=1S/C13H13ClN4OS/c1-8(2)19-12-9(4-3-5-16-12)7-17-13-18-11(14)10(6-15)20-13/h3-5,8H,7H2,1-2H3,(H,17,18). The lowest BCUT2D eigenvalue weighted by Gasteiger charge is -2.12. The van der Waals surface area contributed by atoms with Crippen LogP contribution in [-0.2, 0) is 6.54 Å². The number of ether oxygens (including phenoxy) is 1. The molecule has 0 saturated carbocycles. The van der Waals surface area contributed by atoms with Crippen LogP contribution in [0, 0.1) is 11.3 Å². The van der Waals surface area contributed by atoms with E-state index in [-0.39, 0.29) is 11.3 Å². The molecule has 5 nitrogen and oxygen atoms in total. The molecule has 20 heavy (non-hydrogen) atoms. The molecule has 2 rings (SSSR count). The third-order valence-corrected chi connectivity index (χ3v) is 3.62. The molecule has 0 bridgehead atoms. The molecular weight excluding hydrogens is 296 g/mol. The van der Waals surface area contributed by atoms with Gasteiger partial charge in [0.2, 0.25) is 5.88 Å². The van der Waals surface area contributed by atoms with Gasteiger partial charge in [-0.05, 0) is 19.9 Å². The molecule has 0 atom stereocenters. The highest BCUT2D eigenvalue weighted by Crippen LogP contribution is 2.27. The van der Waals surface area contributed by atoms with Gasteiger partial charge in [-0.1, -0.05) is 29.0 Å². The maximum atomic E-state index is 8.84. The lowest BCUT2D eigenvalue weighted by molar-refractivity contribution is 0.230. The molecule has 1 N–H and O–H groups in total. The molecule has 0 radical (unpaired) electrons. The van der Waals surface area contributed by atoms with E-state index in [2.05, 4.69) is 15.3 Å². The van der Waals surface area contributed by atoms with Crippen molar-refractivity contribution in [3.63, 3.8) is 0 Å². The fraction of sp³-hybridized carbons (Fsp3) is 0.308. The van der Waals surface area contributed by atoms with Gasteiger partial charge in [-0.3, -0.25) is 0 Å². The monoisotopic (exact) mass is 308 g/mol. The Kier molecular flexibility index (Phi) is 4.77. The van der Waals surface area contributed by atoms with E-state index in [1.165, 1.54) is 11.3 Å². The first-order chi connectivity index (χ1) is 9.60. The third kappa shape index (κ3) is 3.59. The van der Waals surface area contributed by atoms with Crippen LogP contribution in [0.5, 0.6) is 5.88 Å². The Hall–Kier alpha value is -1.84. The lowest BCUT2D eigenvalue weighted by atomic mass is 10.2. The third-order valence-electron chi connectivity index (χ3n) is 2.31. The average molecular weight is 309 g/mol. The van der Waals surface area contributed by atoms with Crippen LogP contribution in [0.1, 0.15) is 24.3 Å². The number of nitrogens with zero attached hydrogens (tertiary/aromatic N) is 3. The second kappa shape index (κ2) is 6.55. The molecule has 0 saturated heterocycles. The summed E-state index contributed by atoms with van der Waals surface area (Å²) < 4.78 is 5.64. The van der Waals surface area contributed by atoms with Crippen molar-refractivity contribution in [2.75, 3.05) is 5.32 Å². The number of anilines is 1. The Morgan fingerprint density at radius 2 is 2.35 bits per heavy atom. The summed E-state index contributed by atoms with van der Waals surface area (Å²) in [6, 6.07) is 5.77. The molecular formula is C13H13ClN4OS. The summed E-state index contributed by atoms with van der Waals surface area (Å²) in [6.07, 6.45) is 1.75. The van der Waals surface area contributed by atoms with Crippen molar-refractivity contribution in [3.8, 4) is 11.9 Å². The molecule has 2 heterocycles. The van der Waals surface area contributed by atoms with E-state index >= 15 is 0 Å². The predicted molar refractivity (Wildman–Crippen MR) is 79.2 cm³/mol. The number of rotatable bonds is 5. The summed E-state index contributed by atoms with van der Waals surface area (Å²) in [5.74, 6) is 0.596. The second-order valence-corrected chi connectivity index (χ2v) is 5.60. The van der Waals surface area contributed by atoms with Gasteiger partial charge in [-0.15, -0.1) is 0 Å². The number of nitriles is 1. The van der Waals surface area contributed by atoms with Crippen molar-refractivity contribution in [3.05, 3.63) is 33.9 Å². The largest absolute Gasteiger partial charge is 0.475 e. The molecule has 104 valence electrons. The lowest BCUT2D eigenvalue weighted by Crippen LogP contribution is -2.10. The van der Waals surface area contributed by atoms with Crippen molar-refractivity contribution >= 4 is 28.1 Å². The van der Waals surface area contributed by atoms with E-state index < -0.39 is 0 Å². The number of pyridine rings is 1. The van der Waals surface area contributed by atoms with E-state index in [1.54, 1.807) is 6.20 Å². The highest BCUT2D eigenvalue weighted by atomic mass is 35.5. The molecule has 0 aliphatic heterocycles. The van der Waals surface area contributed by atoms with E-state index in [0.29, 0.717) is 22.4 Å². The van der Waals surface area contributed by atoms with Gasteiger partial charge in [-0.25, -0.2) is 9.97 Å². The molecule has 0 fully saturated rings. The summed E-state index contributed by atoms with van der Waals surface area (Å²) in [4.78, 5) is 8.69. The molecule has 2 aromatic heterocycles. The summed E-state index contributed by atoms with van der Waals surface area (Å²) in [6.45, 7) is 4.40. The van der Waals surface area contributed by atoms with Gasteiger partial charge in [-0.2, -0.15) is 5.26 Å². The minimum Gasteiger partial charge on any atom is -0.475 e. The van der Waals surface area contributed by atoms with Crippen LogP contribution in [0.4, 0.5) is 5.13 Å². The van der Waals surface area contributed by atoms with Gasteiger partial charge < -0.3 is 10.1 Å². The van der Waals surface area contributed by atoms with Crippen molar-refractivity contribution < 1.29 is 4.74 Å². The maximum absolute atomic E-state index is 8.84. The quantitative estimate of drug-likeness (QED) is 0.916. The number of hydrogen-bond donors (Lipinski definition) is 1. The van der Waals surface area contributed by atoms with E-state index in [9.17, 15) is 0 Å². The van der Waals surface area contributed by atoms with Gasteiger partial charge in [0.15, 0.2) is 10.3 Å². The zero-order chi connectivity index (χ0) is 14.5. The van der Waals surface area contributed by atoms with E-state index in [1.807, 2.05) is 32.0 Å². The van der Waals surface area contributed by atoms with Gasteiger partial charge in [0.1, 0.15) is 10.9 Å². The van der Waals surface area contributed by atoms with Crippen LogP contribution >= 0.6 is 22.9 Å². The van der Waals surface area contributed by atoms with Gasteiger partial charge >= 0.3 is 0 Å². The first kappa shape index (κ1) is 14.6. The van der Waals surface area contributed by atoms with Crippen LogP contribution in [0.25, 0.3) is 0 Å². The van der Waals surface area contributed by atoms with Crippen LogP contribution in [0.2, 0.25) is 5.15 Å². The van der Waals surface area contributed by atoms with Crippen molar-refractivity contribution in [1.82, 2.24) is 9.97 Å². The van der Waals surface area contributed by atoms with Gasteiger partial charge in [0, 0.05) is 18.3 Å². The van der Waals surface area contributed by atoms with Crippen LogP contribution in [0.15, 0.2) is 18.3 Å². The SMILES string of the molecule is CC(C)Oc1ncccc1CNc1nc(Cl)c(C#N)s1. The second-order valence-electron chi connectivity index (χ2n) is 4.24.